The molecule has 1 atom stereocenters. The number of benzene rings is 1. The van der Waals surface area contributed by atoms with Gasteiger partial charge in [0, 0.05) is 25.0 Å². The van der Waals surface area contributed by atoms with Crippen LogP contribution >= 0.6 is 0 Å². The summed E-state index contributed by atoms with van der Waals surface area (Å²) < 4.78 is 11.3. The van der Waals surface area contributed by atoms with Gasteiger partial charge in [-0.15, -0.1) is 0 Å². The van der Waals surface area contributed by atoms with Gasteiger partial charge in [0.15, 0.2) is 11.5 Å². The first-order chi connectivity index (χ1) is 12.3. The molecule has 0 aliphatic carbocycles. The van der Waals surface area contributed by atoms with E-state index < -0.39 is 0 Å². The van der Waals surface area contributed by atoms with Crippen LogP contribution in [0.15, 0.2) is 48.8 Å². The number of nitrogens with zero attached hydrogens (tertiary/aromatic N) is 2. The van der Waals surface area contributed by atoms with Crippen LogP contribution in [0.2, 0.25) is 0 Å². The first-order valence-corrected chi connectivity index (χ1v) is 8.59. The summed E-state index contributed by atoms with van der Waals surface area (Å²) in [4.78, 5) is 18.6. The van der Waals surface area contributed by atoms with E-state index in [4.69, 9.17) is 9.47 Å². The van der Waals surface area contributed by atoms with Crippen molar-refractivity contribution in [1.29, 1.82) is 0 Å². The van der Waals surface area contributed by atoms with Gasteiger partial charge in [0.1, 0.15) is 13.2 Å². The summed E-state index contributed by atoms with van der Waals surface area (Å²) in [6, 6.07) is 9.84. The molecule has 1 amide bonds. The fourth-order valence-electron chi connectivity index (χ4n) is 3.38. The molecular formula is C20H20N2O3. The highest BCUT2D eigenvalue weighted by Crippen LogP contribution is 2.38. The fraction of sp³-hybridized carbons (Fsp3) is 0.300. The predicted octanol–water partition coefficient (Wildman–Crippen LogP) is 3.23. The molecule has 0 radical (unpaired) electrons. The number of hydrogen-bond donors (Lipinski definition) is 0. The topological polar surface area (TPSA) is 51.7 Å². The standard InChI is InChI=1S/C20H20N2O3/c23-20(6-3-15-7-9-21-10-8-15)22-11-1-2-17(22)16-4-5-18-19(14-16)25-13-12-24-18/h3-10,14,17H,1-2,11-13H2/b6-3+. The van der Waals surface area contributed by atoms with Crippen LogP contribution in [0.3, 0.4) is 0 Å². The van der Waals surface area contributed by atoms with Gasteiger partial charge in [0.05, 0.1) is 6.04 Å². The zero-order valence-electron chi connectivity index (χ0n) is 13.9. The Labute approximate surface area is 146 Å². The number of likely N-dealkylation sites (tertiary alicyclic amines) is 1. The van der Waals surface area contributed by atoms with Crippen LogP contribution in [0.1, 0.15) is 30.0 Å². The lowest BCUT2D eigenvalue weighted by atomic mass is 10.0. The third-order valence-corrected chi connectivity index (χ3v) is 4.61. The van der Waals surface area contributed by atoms with Gasteiger partial charge in [-0.2, -0.15) is 0 Å². The summed E-state index contributed by atoms with van der Waals surface area (Å²) in [6.45, 7) is 1.93. The Morgan fingerprint density at radius 3 is 2.76 bits per heavy atom. The SMILES string of the molecule is O=C(/C=C/c1ccncc1)N1CCCC1c1ccc2c(c1)OCCO2. The number of pyridine rings is 1. The van der Waals surface area contributed by atoms with Crippen LogP contribution in [-0.2, 0) is 4.79 Å². The second kappa shape index (κ2) is 6.97. The van der Waals surface area contributed by atoms with Crippen molar-refractivity contribution in [3.8, 4) is 11.5 Å². The monoisotopic (exact) mass is 336 g/mol. The molecule has 25 heavy (non-hydrogen) atoms. The number of carbonyl (C=O) groups excluding carboxylic acids is 1. The Morgan fingerprint density at radius 1 is 1.12 bits per heavy atom. The van der Waals surface area contributed by atoms with E-state index in [-0.39, 0.29) is 11.9 Å². The minimum Gasteiger partial charge on any atom is -0.486 e. The second-order valence-electron chi connectivity index (χ2n) is 6.21. The molecule has 1 aromatic heterocycles. The van der Waals surface area contributed by atoms with Crippen LogP contribution < -0.4 is 9.47 Å². The van der Waals surface area contributed by atoms with Crippen LogP contribution in [0, 0.1) is 0 Å². The van der Waals surface area contributed by atoms with Gasteiger partial charge in [0.2, 0.25) is 5.91 Å². The molecule has 5 nitrogen and oxygen atoms in total. The van der Waals surface area contributed by atoms with Crippen molar-refractivity contribution in [2.24, 2.45) is 0 Å². The highest BCUT2D eigenvalue weighted by molar-refractivity contribution is 5.92. The van der Waals surface area contributed by atoms with E-state index in [2.05, 4.69) is 4.98 Å². The molecule has 5 heteroatoms. The molecule has 0 N–H and O–H groups in total. The van der Waals surface area contributed by atoms with Gasteiger partial charge in [-0.1, -0.05) is 6.07 Å². The van der Waals surface area contributed by atoms with Crippen molar-refractivity contribution in [2.45, 2.75) is 18.9 Å². The molecule has 1 aromatic carbocycles. The van der Waals surface area contributed by atoms with Crippen molar-refractivity contribution in [3.05, 3.63) is 59.9 Å². The number of ether oxygens (including phenoxy) is 2. The lowest BCUT2D eigenvalue weighted by Crippen LogP contribution is -2.29. The van der Waals surface area contributed by atoms with E-state index >= 15 is 0 Å². The van der Waals surface area contributed by atoms with Gasteiger partial charge in [-0.05, 0) is 54.3 Å². The zero-order valence-corrected chi connectivity index (χ0v) is 13.9. The molecule has 3 heterocycles. The summed E-state index contributed by atoms with van der Waals surface area (Å²) in [6.07, 6.45) is 8.90. The first kappa shape index (κ1) is 15.7. The molecule has 2 aliphatic heterocycles. The molecule has 1 unspecified atom stereocenters. The molecule has 1 saturated heterocycles. The maximum atomic E-state index is 12.7. The molecule has 128 valence electrons. The summed E-state index contributed by atoms with van der Waals surface area (Å²) in [7, 11) is 0. The number of aromatic nitrogens is 1. The molecule has 0 bridgehead atoms. The number of rotatable bonds is 3. The van der Waals surface area contributed by atoms with Crippen molar-refractivity contribution in [2.75, 3.05) is 19.8 Å². The molecule has 0 saturated carbocycles. The van der Waals surface area contributed by atoms with Crippen LogP contribution in [0.4, 0.5) is 0 Å². The molecule has 2 aromatic rings. The normalized spacial score (nSPS) is 19.4. The van der Waals surface area contributed by atoms with Gasteiger partial charge in [-0.25, -0.2) is 0 Å². The number of fused-ring (bicyclic) bond motifs is 1. The second-order valence-corrected chi connectivity index (χ2v) is 6.21. The predicted molar refractivity (Wildman–Crippen MR) is 94.4 cm³/mol. The smallest absolute Gasteiger partial charge is 0.247 e. The third-order valence-electron chi connectivity index (χ3n) is 4.61. The fourth-order valence-corrected chi connectivity index (χ4v) is 3.38. The highest BCUT2D eigenvalue weighted by atomic mass is 16.6. The number of hydrogen-bond acceptors (Lipinski definition) is 4. The third kappa shape index (κ3) is 3.36. The van der Waals surface area contributed by atoms with Crippen LogP contribution in [0.5, 0.6) is 11.5 Å². The average Bonchev–Trinajstić information content (AvgIpc) is 3.16. The Hall–Kier alpha value is -2.82. The Kier molecular flexibility index (Phi) is 4.37. The molecule has 4 rings (SSSR count). The van der Waals surface area contributed by atoms with Crippen LogP contribution in [-0.4, -0.2) is 35.5 Å². The maximum Gasteiger partial charge on any atom is 0.247 e. The van der Waals surface area contributed by atoms with Crippen molar-refractivity contribution >= 4 is 12.0 Å². The number of amides is 1. The molecule has 2 aliphatic rings. The van der Waals surface area contributed by atoms with Crippen LogP contribution in [0.25, 0.3) is 6.08 Å². The minimum atomic E-state index is 0.0363. The van der Waals surface area contributed by atoms with E-state index in [1.165, 1.54) is 0 Å². The largest absolute Gasteiger partial charge is 0.486 e. The molecule has 1 fully saturated rings. The summed E-state index contributed by atoms with van der Waals surface area (Å²) in [5.74, 6) is 1.59. The summed E-state index contributed by atoms with van der Waals surface area (Å²) in [5.41, 5.74) is 2.07. The Bertz CT molecular complexity index is 789. The molecular weight excluding hydrogens is 316 g/mol. The van der Waals surface area contributed by atoms with E-state index in [1.807, 2.05) is 41.3 Å². The Morgan fingerprint density at radius 2 is 1.92 bits per heavy atom. The first-order valence-electron chi connectivity index (χ1n) is 8.59. The van der Waals surface area contributed by atoms with Gasteiger partial charge in [0.25, 0.3) is 0 Å². The quantitative estimate of drug-likeness (QED) is 0.808. The van der Waals surface area contributed by atoms with E-state index in [0.717, 1.165) is 42.0 Å². The van der Waals surface area contributed by atoms with Gasteiger partial charge < -0.3 is 14.4 Å². The molecule has 0 spiro atoms. The van der Waals surface area contributed by atoms with Crippen molar-refractivity contribution in [3.63, 3.8) is 0 Å². The minimum absolute atomic E-state index is 0.0363. The van der Waals surface area contributed by atoms with E-state index in [0.29, 0.717) is 13.2 Å². The van der Waals surface area contributed by atoms with Gasteiger partial charge in [-0.3, -0.25) is 9.78 Å². The maximum absolute atomic E-state index is 12.7. The van der Waals surface area contributed by atoms with Gasteiger partial charge >= 0.3 is 0 Å². The Balaban J connectivity index is 1.52. The summed E-state index contributed by atoms with van der Waals surface area (Å²) in [5, 5.41) is 0. The lowest BCUT2D eigenvalue weighted by molar-refractivity contribution is -0.126. The van der Waals surface area contributed by atoms with Crippen molar-refractivity contribution < 1.29 is 14.3 Å². The average molecular weight is 336 g/mol. The summed E-state index contributed by atoms with van der Waals surface area (Å²) >= 11 is 0. The lowest BCUT2D eigenvalue weighted by Gasteiger charge is -2.26. The highest BCUT2D eigenvalue weighted by Gasteiger charge is 2.29. The number of carbonyl (C=O) groups is 1. The van der Waals surface area contributed by atoms with E-state index in [9.17, 15) is 4.79 Å². The van der Waals surface area contributed by atoms with Crippen molar-refractivity contribution in [1.82, 2.24) is 9.88 Å². The van der Waals surface area contributed by atoms with E-state index in [1.54, 1.807) is 18.5 Å². The zero-order chi connectivity index (χ0) is 17.1.